The number of amides is 1. The van der Waals surface area contributed by atoms with Gasteiger partial charge in [0.2, 0.25) is 10.0 Å². The number of hydrogen-bond acceptors (Lipinski definition) is 4. The number of halogens is 1. The fourth-order valence-corrected chi connectivity index (χ4v) is 4.84. The van der Waals surface area contributed by atoms with Crippen LogP contribution in [0.5, 0.6) is 5.75 Å². The Labute approximate surface area is 167 Å². The molecule has 6 nitrogen and oxygen atoms in total. The Kier molecular flexibility index (Phi) is 6.18. The van der Waals surface area contributed by atoms with Gasteiger partial charge in [0, 0.05) is 30.7 Å². The van der Waals surface area contributed by atoms with Gasteiger partial charge in [-0.2, -0.15) is 4.31 Å². The van der Waals surface area contributed by atoms with Gasteiger partial charge in [-0.05, 0) is 59.3 Å². The Balaban J connectivity index is 1.67. The fourth-order valence-electron chi connectivity index (χ4n) is 2.96. The van der Waals surface area contributed by atoms with Crippen LogP contribution in [0.1, 0.15) is 17.3 Å². The Hall–Kier alpha value is -1.90. The van der Waals surface area contributed by atoms with Crippen molar-refractivity contribution in [3.05, 3.63) is 58.6 Å². The first-order valence-corrected chi connectivity index (χ1v) is 10.9. The maximum atomic E-state index is 12.8. The van der Waals surface area contributed by atoms with E-state index in [0.717, 1.165) is 4.47 Å². The molecule has 1 saturated heterocycles. The smallest absolute Gasteiger partial charge is 0.255 e. The maximum Gasteiger partial charge on any atom is 0.255 e. The van der Waals surface area contributed by atoms with Crippen molar-refractivity contribution in [3.63, 3.8) is 0 Å². The number of nitrogens with zero attached hydrogens (tertiary/aromatic N) is 2. The van der Waals surface area contributed by atoms with Crippen LogP contribution in [0.3, 0.4) is 0 Å². The number of benzene rings is 2. The number of carbonyl (C=O) groups is 1. The lowest BCUT2D eigenvalue weighted by Crippen LogP contribution is -2.50. The molecular weight excluding hydrogens is 432 g/mol. The minimum atomic E-state index is -3.59. The second-order valence-corrected chi connectivity index (χ2v) is 8.87. The van der Waals surface area contributed by atoms with E-state index >= 15 is 0 Å². The Morgan fingerprint density at radius 3 is 2.26 bits per heavy atom. The van der Waals surface area contributed by atoms with Gasteiger partial charge in [0.15, 0.2) is 0 Å². The highest BCUT2D eigenvalue weighted by atomic mass is 79.9. The van der Waals surface area contributed by atoms with Crippen LogP contribution in [0.2, 0.25) is 0 Å². The summed E-state index contributed by atoms with van der Waals surface area (Å²) in [5, 5.41) is 0. The zero-order valence-corrected chi connectivity index (χ0v) is 17.4. The largest absolute Gasteiger partial charge is 0.494 e. The van der Waals surface area contributed by atoms with Crippen molar-refractivity contribution in [3.8, 4) is 5.75 Å². The van der Waals surface area contributed by atoms with Gasteiger partial charge < -0.3 is 9.64 Å². The maximum absolute atomic E-state index is 12.8. The molecule has 27 heavy (non-hydrogen) atoms. The molecule has 0 N–H and O–H groups in total. The van der Waals surface area contributed by atoms with Crippen molar-refractivity contribution in [2.24, 2.45) is 0 Å². The average molecular weight is 453 g/mol. The van der Waals surface area contributed by atoms with Crippen molar-refractivity contribution >= 4 is 31.9 Å². The predicted octanol–water partition coefficient (Wildman–Crippen LogP) is 2.99. The molecule has 0 radical (unpaired) electrons. The predicted molar refractivity (Wildman–Crippen MR) is 106 cm³/mol. The quantitative estimate of drug-likeness (QED) is 0.698. The molecule has 0 aromatic heterocycles. The summed E-state index contributed by atoms with van der Waals surface area (Å²) in [7, 11) is -3.59. The van der Waals surface area contributed by atoms with Crippen molar-refractivity contribution in [2.45, 2.75) is 11.8 Å². The highest BCUT2D eigenvalue weighted by Crippen LogP contribution is 2.23. The number of sulfonamides is 1. The summed E-state index contributed by atoms with van der Waals surface area (Å²) in [6, 6.07) is 13.7. The summed E-state index contributed by atoms with van der Waals surface area (Å²) >= 11 is 3.39. The molecule has 0 atom stereocenters. The van der Waals surface area contributed by atoms with Gasteiger partial charge in [0.1, 0.15) is 5.75 Å². The summed E-state index contributed by atoms with van der Waals surface area (Å²) in [6.45, 7) is 3.66. The van der Waals surface area contributed by atoms with Gasteiger partial charge in [-0.25, -0.2) is 8.42 Å². The molecule has 1 aliphatic heterocycles. The fraction of sp³-hybridized carbons (Fsp3) is 0.316. The van der Waals surface area contributed by atoms with E-state index in [1.54, 1.807) is 35.2 Å². The third-order valence-corrected chi connectivity index (χ3v) is 7.01. The second-order valence-electron chi connectivity index (χ2n) is 6.08. The minimum Gasteiger partial charge on any atom is -0.494 e. The van der Waals surface area contributed by atoms with Crippen molar-refractivity contribution in [1.29, 1.82) is 0 Å². The number of ether oxygens (including phenoxy) is 1. The van der Waals surface area contributed by atoms with Crippen molar-refractivity contribution in [1.82, 2.24) is 9.21 Å². The summed E-state index contributed by atoms with van der Waals surface area (Å²) in [4.78, 5) is 14.6. The number of piperazine rings is 1. The van der Waals surface area contributed by atoms with Crippen LogP contribution in [0.15, 0.2) is 57.9 Å². The SMILES string of the molecule is CCOc1ccc(S(=O)(=O)N2CCN(C(=O)c3ccccc3Br)CC2)cc1. The molecule has 2 aromatic rings. The molecule has 8 heteroatoms. The van der Waals surface area contributed by atoms with Crippen LogP contribution in [-0.4, -0.2) is 56.3 Å². The molecule has 2 aromatic carbocycles. The van der Waals surface area contributed by atoms with Gasteiger partial charge in [-0.3, -0.25) is 4.79 Å². The molecule has 0 unspecified atom stereocenters. The van der Waals surface area contributed by atoms with Crippen molar-refractivity contribution in [2.75, 3.05) is 32.8 Å². The lowest BCUT2D eigenvalue weighted by Gasteiger charge is -2.34. The monoisotopic (exact) mass is 452 g/mol. The van der Waals surface area contributed by atoms with E-state index in [1.807, 2.05) is 25.1 Å². The first-order valence-electron chi connectivity index (χ1n) is 8.70. The van der Waals surface area contributed by atoms with Crippen LogP contribution >= 0.6 is 15.9 Å². The molecule has 1 amide bonds. The van der Waals surface area contributed by atoms with Gasteiger partial charge >= 0.3 is 0 Å². The van der Waals surface area contributed by atoms with Gasteiger partial charge in [-0.1, -0.05) is 12.1 Å². The number of carbonyl (C=O) groups excluding carboxylic acids is 1. The molecule has 0 aliphatic carbocycles. The molecular formula is C19H21BrN2O4S. The van der Waals surface area contributed by atoms with E-state index in [9.17, 15) is 13.2 Å². The van der Waals surface area contributed by atoms with E-state index in [-0.39, 0.29) is 23.9 Å². The lowest BCUT2D eigenvalue weighted by molar-refractivity contribution is 0.0697. The topological polar surface area (TPSA) is 66.9 Å². The van der Waals surface area contributed by atoms with Crippen molar-refractivity contribution < 1.29 is 17.9 Å². The van der Waals surface area contributed by atoms with Crippen LogP contribution in [0.25, 0.3) is 0 Å². The highest BCUT2D eigenvalue weighted by molar-refractivity contribution is 9.10. The van der Waals surface area contributed by atoms with Crippen LogP contribution < -0.4 is 4.74 Å². The average Bonchev–Trinajstić information content (AvgIpc) is 2.69. The van der Waals surface area contributed by atoms with E-state index in [2.05, 4.69) is 15.9 Å². The molecule has 1 heterocycles. The Morgan fingerprint density at radius 1 is 1.04 bits per heavy atom. The molecule has 144 valence electrons. The summed E-state index contributed by atoms with van der Waals surface area (Å²) in [6.07, 6.45) is 0. The highest BCUT2D eigenvalue weighted by Gasteiger charge is 2.30. The van der Waals surface area contributed by atoms with E-state index in [4.69, 9.17) is 4.74 Å². The summed E-state index contributed by atoms with van der Waals surface area (Å²) in [5.41, 5.74) is 0.584. The molecule has 1 aliphatic rings. The number of rotatable bonds is 5. The molecule has 0 bridgehead atoms. The Morgan fingerprint density at radius 2 is 1.67 bits per heavy atom. The zero-order chi connectivity index (χ0) is 19.4. The van der Waals surface area contributed by atoms with Crippen LogP contribution in [0.4, 0.5) is 0 Å². The van der Waals surface area contributed by atoms with Gasteiger partial charge in [0.05, 0.1) is 17.1 Å². The summed E-state index contributed by atoms with van der Waals surface area (Å²) < 4.78 is 33.2. The third-order valence-electron chi connectivity index (χ3n) is 4.40. The van der Waals surface area contributed by atoms with E-state index < -0.39 is 10.0 Å². The van der Waals surface area contributed by atoms with E-state index in [0.29, 0.717) is 31.0 Å². The third kappa shape index (κ3) is 4.34. The van der Waals surface area contributed by atoms with Gasteiger partial charge in [0.25, 0.3) is 5.91 Å². The molecule has 1 fully saturated rings. The van der Waals surface area contributed by atoms with Crippen LogP contribution in [-0.2, 0) is 10.0 Å². The molecule has 0 spiro atoms. The molecule has 3 rings (SSSR count). The summed E-state index contributed by atoms with van der Waals surface area (Å²) in [5.74, 6) is 0.542. The first-order chi connectivity index (χ1) is 12.9. The standard InChI is InChI=1S/C19H21BrN2O4S/c1-2-26-15-7-9-16(10-8-15)27(24,25)22-13-11-21(12-14-22)19(23)17-5-3-4-6-18(17)20/h3-10H,2,11-14H2,1H3. The first kappa shape index (κ1) is 19.9. The second kappa shape index (κ2) is 8.41. The normalized spacial score (nSPS) is 15.6. The van der Waals surface area contributed by atoms with Crippen LogP contribution in [0, 0.1) is 0 Å². The van der Waals surface area contributed by atoms with E-state index in [1.165, 1.54) is 4.31 Å². The lowest BCUT2D eigenvalue weighted by atomic mass is 10.2. The Bertz CT molecular complexity index is 908. The number of hydrogen-bond donors (Lipinski definition) is 0. The zero-order valence-electron chi connectivity index (χ0n) is 15.0. The minimum absolute atomic E-state index is 0.0967. The van der Waals surface area contributed by atoms with Gasteiger partial charge in [-0.15, -0.1) is 0 Å². The molecule has 0 saturated carbocycles.